The van der Waals surface area contributed by atoms with Crippen molar-refractivity contribution in [3.63, 3.8) is 0 Å². The topological polar surface area (TPSA) is 76.5 Å². The van der Waals surface area contributed by atoms with Crippen LogP contribution in [-0.4, -0.2) is 49.1 Å². The normalized spacial score (nSPS) is 18.1. The Morgan fingerprint density at radius 1 is 1.36 bits per heavy atom. The van der Waals surface area contributed by atoms with Gasteiger partial charge >= 0.3 is 0 Å². The van der Waals surface area contributed by atoms with Crippen LogP contribution in [0.3, 0.4) is 0 Å². The molecule has 1 aliphatic rings. The van der Waals surface area contributed by atoms with E-state index in [4.69, 9.17) is 4.74 Å². The van der Waals surface area contributed by atoms with Gasteiger partial charge in [-0.05, 0) is 30.7 Å². The van der Waals surface area contributed by atoms with Gasteiger partial charge in [0.2, 0.25) is 10.0 Å². The summed E-state index contributed by atoms with van der Waals surface area (Å²) >= 11 is 0. The van der Waals surface area contributed by atoms with Crippen LogP contribution < -0.4 is 9.46 Å². The minimum atomic E-state index is -3.22. The highest BCUT2D eigenvalue weighted by Gasteiger charge is 2.26. The number of methoxy groups -OCH3 is 1. The fourth-order valence-electron chi connectivity index (χ4n) is 3.09. The van der Waals surface area contributed by atoms with E-state index in [1.54, 1.807) is 20.2 Å². The fraction of sp³-hybridized carbons (Fsp3) is 0.471. The lowest BCUT2D eigenvalue weighted by atomic mass is 10.1. The number of hydrogen-bond donors (Lipinski definition) is 1. The zero-order valence-electron chi connectivity index (χ0n) is 14.6. The number of benzene rings is 1. The lowest BCUT2D eigenvalue weighted by Crippen LogP contribution is -2.42. The molecule has 3 rings (SSSR count). The van der Waals surface area contributed by atoms with E-state index in [9.17, 15) is 8.42 Å². The maximum atomic E-state index is 11.8. The van der Waals surface area contributed by atoms with Crippen molar-refractivity contribution < 1.29 is 13.2 Å². The number of aromatic nitrogens is 2. The van der Waals surface area contributed by atoms with Gasteiger partial charge < -0.3 is 4.74 Å². The first-order valence-electron chi connectivity index (χ1n) is 8.35. The molecule has 25 heavy (non-hydrogen) atoms. The molecule has 136 valence electrons. The lowest BCUT2D eigenvalue weighted by Gasteiger charge is -2.34. The smallest absolute Gasteiger partial charge is 0.211 e. The quantitative estimate of drug-likeness (QED) is 0.803. The van der Waals surface area contributed by atoms with Crippen molar-refractivity contribution in [1.29, 1.82) is 0 Å². The number of nitrogens with one attached hydrogen (secondary N) is 1. The van der Waals surface area contributed by atoms with Gasteiger partial charge in [0, 0.05) is 32.4 Å². The summed E-state index contributed by atoms with van der Waals surface area (Å²) in [6.07, 6.45) is 1.77. The van der Waals surface area contributed by atoms with Crippen LogP contribution in [0.25, 0.3) is 0 Å². The van der Waals surface area contributed by atoms with Gasteiger partial charge in [-0.3, -0.25) is 9.58 Å². The van der Waals surface area contributed by atoms with Crippen molar-refractivity contribution in [3.05, 3.63) is 47.8 Å². The Balaban J connectivity index is 1.73. The van der Waals surface area contributed by atoms with Crippen LogP contribution in [0.4, 0.5) is 0 Å². The van der Waals surface area contributed by atoms with E-state index in [-0.39, 0.29) is 11.8 Å². The Morgan fingerprint density at radius 2 is 2.20 bits per heavy atom. The number of fused-ring (bicyclic) bond motifs is 1. The molecule has 0 aliphatic carbocycles. The van der Waals surface area contributed by atoms with Crippen LogP contribution in [0, 0.1) is 0 Å². The molecule has 2 heterocycles. The number of hydrogen-bond acceptors (Lipinski definition) is 5. The number of sulfonamides is 1. The standard InChI is InChI=1S/C17H24N4O3S/c1-3-25(22,23)19-10-16-13-20(12-15-7-8-18-21(15)16)11-14-5-4-6-17(9-14)24-2/h4-9,16,19H,3,10-13H2,1-2H3/t16-/m0/s1. The Hall–Kier alpha value is -1.90. The molecule has 0 saturated heterocycles. The highest BCUT2D eigenvalue weighted by atomic mass is 32.2. The molecule has 7 nitrogen and oxygen atoms in total. The van der Waals surface area contributed by atoms with Crippen molar-refractivity contribution in [2.45, 2.75) is 26.1 Å². The van der Waals surface area contributed by atoms with E-state index < -0.39 is 10.0 Å². The molecule has 1 aromatic heterocycles. The summed E-state index contributed by atoms with van der Waals surface area (Å²) in [7, 11) is -1.55. The molecule has 0 saturated carbocycles. The maximum absolute atomic E-state index is 11.8. The summed E-state index contributed by atoms with van der Waals surface area (Å²) in [4.78, 5) is 2.30. The molecule has 0 unspecified atom stereocenters. The third kappa shape index (κ3) is 4.39. The minimum absolute atomic E-state index is 0.0225. The molecular weight excluding hydrogens is 340 g/mol. The Labute approximate surface area is 148 Å². The molecule has 0 amide bonds. The Kier molecular flexibility index (Phi) is 5.41. The van der Waals surface area contributed by atoms with Gasteiger partial charge in [-0.1, -0.05) is 12.1 Å². The third-order valence-corrected chi connectivity index (χ3v) is 5.78. The van der Waals surface area contributed by atoms with Crippen LogP contribution in [0.1, 0.15) is 24.2 Å². The first-order valence-corrected chi connectivity index (χ1v) is 10.0. The zero-order chi connectivity index (χ0) is 17.9. The molecule has 8 heteroatoms. The molecule has 0 fully saturated rings. The summed E-state index contributed by atoms with van der Waals surface area (Å²) in [6.45, 7) is 4.28. The predicted molar refractivity (Wildman–Crippen MR) is 95.8 cm³/mol. The van der Waals surface area contributed by atoms with Crippen LogP contribution >= 0.6 is 0 Å². The third-order valence-electron chi connectivity index (χ3n) is 4.41. The van der Waals surface area contributed by atoms with Gasteiger partial charge in [0.15, 0.2) is 0 Å². The average molecular weight is 364 g/mol. The first kappa shape index (κ1) is 17.9. The second kappa shape index (κ2) is 7.55. The van der Waals surface area contributed by atoms with Crippen LogP contribution in [0.15, 0.2) is 36.5 Å². The van der Waals surface area contributed by atoms with E-state index in [1.165, 1.54) is 5.56 Å². The van der Waals surface area contributed by atoms with Crippen LogP contribution in [0.5, 0.6) is 5.75 Å². The second-order valence-corrected chi connectivity index (χ2v) is 8.29. The molecule has 1 atom stereocenters. The summed E-state index contributed by atoms with van der Waals surface area (Å²) in [5.74, 6) is 0.922. The van der Waals surface area contributed by atoms with Gasteiger partial charge in [0.25, 0.3) is 0 Å². The van der Waals surface area contributed by atoms with Crippen molar-refractivity contribution in [2.75, 3.05) is 26.0 Å². The SMILES string of the molecule is CCS(=O)(=O)NC[C@H]1CN(Cc2cccc(OC)c2)Cc2ccnn21. The summed E-state index contributed by atoms with van der Waals surface area (Å²) in [5, 5.41) is 4.37. The van der Waals surface area contributed by atoms with Crippen molar-refractivity contribution >= 4 is 10.0 Å². The second-order valence-electron chi connectivity index (χ2n) is 6.19. The van der Waals surface area contributed by atoms with Gasteiger partial charge in [-0.2, -0.15) is 5.10 Å². The van der Waals surface area contributed by atoms with Crippen LogP contribution in [-0.2, 0) is 23.1 Å². The lowest BCUT2D eigenvalue weighted by molar-refractivity contribution is 0.168. The van der Waals surface area contributed by atoms with Crippen molar-refractivity contribution in [2.24, 2.45) is 0 Å². The van der Waals surface area contributed by atoms with E-state index >= 15 is 0 Å². The van der Waals surface area contributed by atoms with Crippen LogP contribution in [0.2, 0.25) is 0 Å². The average Bonchev–Trinajstić information content (AvgIpc) is 3.08. The summed E-state index contributed by atoms with van der Waals surface area (Å²) in [5.41, 5.74) is 2.26. The molecule has 1 N–H and O–H groups in total. The number of rotatable bonds is 7. The molecule has 1 aliphatic heterocycles. The highest BCUT2D eigenvalue weighted by molar-refractivity contribution is 7.89. The molecule has 0 spiro atoms. The van der Waals surface area contributed by atoms with E-state index in [2.05, 4.69) is 20.8 Å². The maximum Gasteiger partial charge on any atom is 0.211 e. The van der Waals surface area contributed by atoms with Gasteiger partial charge in [0.05, 0.1) is 24.6 Å². The zero-order valence-corrected chi connectivity index (χ0v) is 15.4. The molecule has 0 radical (unpaired) electrons. The Morgan fingerprint density at radius 3 is 2.96 bits per heavy atom. The van der Waals surface area contributed by atoms with E-state index in [0.29, 0.717) is 6.54 Å². The van der Waals surface area contributed by atoms with Gasteiger partial charge in [0.1, 0.15) is 5.75 Å². The summed E-state index contributed by atoms with van der Waals surface area (Å²) in [6, 6.07) is 9.97. The molecule has 2 aromatic rings. The monoisotopic (exact) mass is 364 g/mol. The molecular formula is C17H24N4O3S. The highest BCUT2D eigenvalue weighted by Crippen LogP contribution is 2.23. The van der Waals surface area contributed by atoms with E-state index in [0.717, 1.165) is 31.1 Å². The molecule has 1 aromatic carbocycles. The largest absolute Gasteiger partial charge is 0.497 e. The first-order chi connectivity index (χ1) is 12.0. The fourth-order valence-corrected chi connectivity index (χ4v) is 3.74. The molecule has 0 bridgehead atoms. The van der Waals surface area contributed by atoms with Gasteiger partial charge in [-0.25, -0.2) is 13.1 Å². The Bertz CT molecular complexity index is 819. The predicted octanol–water partition coefficient (Wildman–Crippen LogP) is 1.39. The summed E-state index contributed by atoms with van der Waals surface area (Å²) < 4.78 is 33.4. The van der Waals surface area contributed by atoms with E-state index in [1.807, 2.05) is 28.9 Å². The van der Waals surface area contributed by atoms with Crippen molar-refractivity contribution in [3.8, 4) is 5.75 Å². The van der Waals surface area contributed by atoms with Crippen molar-refractivity contribution in [1.82, 2.24) is 19.4 Å². The number of ether oxygens (including phenoxy) is 1. The van der Waals surface area contributed by atoms with Gasteiger partial charge in [-0.15, -0.1) is 0 Å². The minimum Gasteiger partial charge on any atom is -0.497 e. The number of nitrogens with zero attached hydrogens (tertiary/aromatic N) is 3.